The summed E-state index contributed by atoms with van der Waals surface area (Å²) in [6, 6.07) is 4.18. The van der Waals surface area contributed by atoms with E-state index in [1.165, 1.54) is 26.2 Å². The minimum Gasteiger partial charge on any atom is -0.497 e. The van der Waals surface area contributed by atoms with E-state index in [0.717, 1.165) is 0 Å². The molecule has 1 aliphatic rings. The van der Waals surface area contributed by atoms with E-state index in [0.29, 0.717) is 31.9 Å². The number of ether oxygens (including phenoxy) is 1. The molecule has 0 radical (unpaired) electrons. The highest BCUT2D eigenvalue weighted by molar-refractivity contribution is 5.94. The minimum atomic E-state index is -0.594. The first-order valence-electron chi connectivity index (χ1n) is 6.41. The number of carbonyl (C=O) groups excluding carboxylic acids is 2. The molecule has 2 rings (SSSR count). The van der Waals surface area contributed by atoms with Gasteiger partial charge in [0.15, 0.2) is 0 Å². The molecule has 1 aromatic rings. The van der Waals surface area contributed by atoms with E-state index in [-0.39, 0.29) is 17.4 Å². The van der Waals surface area contributed by atoms with Crippen LogP contribution in [0.1, 0.15) is 17.3 Å². The quantitative estimate of drug-likeness (QED) is 0.816. The van der Waals surface area contributed by atoms with Crippen LogP contribution in [-0.4, -0.2) is 54.9 Å². The first kappa shape index (κ1) is 14.3. The van der Waals surface area contributed by atoms with Crippen molar-refractivity contribution in [3.05, 3.63) is 29.6 Å². The van der Waals surface area contributed by atoms with E-state index >= 15 is 0 Å². The van der Waals surface area contributed by atoms with Crippen LogP contribution in [0, 0.1) is 5.82 Å². The number of halogens is 1. The van der Waals surface area contributed by atoms with Crippen molar-refractivity contribution in [3.63, 3.8) is 0 Å². The van der Waals surface area contributed by atoms with Gasteiger partial charge in [0.05, 0.1) is 12.7 Å². The molecular formula is C14H17FN2O3. The number of hydrogen-bond acceptors (Lipinski definition) is 3. The third-order valence-electron chi connectivity index (χ3n) is 3.42. The maximum absolute atomic E-state index is 13.9. The van der Waals surface area contributed by atoms with Gasteiger partial charge in [-0.3, -0.25) is 9.59 Å². The number of hydrogen-bond donors (Lipinski definition) is 0. The van der Waals surface area contributed by atoms with Crippen LogP contribution in [0.4, 0.5) is 4.39 Å². The van der Waals surface area contributed by atoms with Crippen LogP contribution in [0.5, 0.6) is 5.75 Å². The Bertz CT molecular complexity index is 525. The van der Waals surface area contributed by atoms with Gasteiger partial charge in [-0.2, -0.15) is 0 Å². The lowest BCUT2D eigenvalue weighted by Crippen LogP contribution is -2.50. The van der Waals surface area contributed by atoms with Gasteiger partial charge in [0.25, 0.3) is 5.91 Å². The fourth-order valence-corrected chi connectivity index (χ4v) is 2.19. The van der Waals surface area contributed by atoms with E-state index in [1.807, 2.05) is 0 Å². The van der Waals surface area contributed by atoms with Crippen LogP contribution in [0.25, 0.3) is 0 Å². The topological polar surface area (TPSA) is 49.9 Å². The molecule has 0 aromatic heterocycles. The Hall–Kier alpha value is -2.11. The lowest BCUT2D eigenvalue weighted by molar-refractivity contribution is -0.130. The third kappa shape index (κ3) is 2.89. The Balaban J connectivity index is 2.07. The Morgan fingerprint density at radius 2 is 1.75 bits per heavy atom. The molecule has 0 N–H and O–H groups in total. The van der Waals surface area contributed by atoms with Gasteiger partial charge < -0.3 is 14.5 Å². The van der Waals surface area contributed by atoms with E-state index in [9.17, 15) is 14.0 Å². The summed E-state index contributed by atoms with van der Waals surface area (Å²) in [5.74, 6) is -0.579. The number of nitrogens with zero attached hydrogens (tertiary/aromatic N) is 2. The number of amides is 2. The van der Waals surface area contributed by atoms with E-state index in [1.54, 1.807) is 15.9 Å². The molecule has 0 bridgehead atoms. The third-order valence-corrected chi connectivity index (χ3v) is 3.42. The molecule has 1 aromatic carbocycles. The van der Waals surface area contributed by atoms with Gasteiger partial charge >= 0.3 is 0 Å². The van der Waals surface area contributed by atoms with Gasteiger partial charge in [0, 0.05) is 39.2 Å². The van der Waals surface area contributed by atoms with Crippen molar-refractivity contribution in [2.24, 2.45) is 0 Å². The molecule has 0 unspecified atom stereocenters. The molecular weight excluding hydrogens is 263 g/mol. The summed E-state index contributed by atoms with van der Waals surface area (Å²) in [5, 5.41) is 0. The molecule has 5 nitrogen and oxygen atoms in total. The zero-order valence-corrected chi connectivity index (χ0v) is 11.6. The average molecular weight is 280 g/mol. The van der Waals surface area contributed by atoms with Crippen LogP contribution in [-0.2, 0) is 4.79 Å². The second-order valence-corrected chi connectivity index (χ2v) is 4.64. The fraction of sp³-hybridized carbons (Fsp3) is 0.429. The summed E-state index contributed by atoms with van der Waals surface area (Å²) in [5.41, 5.74) is 0.0297. The van der Waals surface area contributed by atoms with Crippen molar-refractivity contribution in [3.8, 4) is 5.75 Å². The number of benzene rings is 1. The largest absolute Gasteiger partial charge is 0.497 e. The van der Waals surface area contributed by atoms with Crippen molar-refractivity contribution >= 4 is 11.8 Å². The average Bonchev–Trinajstić information content (AvgIpc) is 2.46. The molecule has 1 aliphatic heterocycles. The molecule has 0 saturated carbocycles. The first-order valence-corrected chi connectivity index (χ1v) is 6.41. The predicted molar refractivity (Wildman–Crippen MR) is 71.1 cm³/mol. The van der Waals surface area contributed by atoms with E-state index in [4.69, 9.17) is 4.74 Å². The molecule has 0 atom stereocenters. The molecule has 1 heterocycles. The zero-order valence-electron chi connectivity index (χ0n) is 11.6. The standard InChI is InChI=1S/C14H17FN2O3/c1-10(18)16-5-7-17(8-6-16)14(19)12-4-3-11(20-2)9-13(12)15/h3-4,9H,5-8H2,1-2H3. The maximum Gasteiger partial charge on any atom is 0.256 e. The fourth-order valence-electron chi connectivity index (χ4n) is 2.19. The molecule has 2 amide bonds. The van der Waals surface area contributed by atoms with Gasteiger partial charge in [-0.25, -0.2) is 4.39 Å². The number of methoxy groups -OCH3 is 1. The Labute approximate surface area is 116 Å². The maximum atomic E-state index is 13.9. The van der Waals surface area contributed by atoms with E-state index < -0.39 is 5.82 Å². The molecule has 0 aliphatic carbocycles. The van der Waals surface area contributed by atoms with Crippen LogP contribution in [0.3, 0.4) is 0 Å². The summed E-state index contributed by atoms with van der Waals surface area (Å²) >= 11 is 0. The van der Waals surface area contributed by atoms with Gasteiger partial charge in [0.2, 0.25) is 5.91 Å². The first-order chi connectivity index (χ1) is 9.52. The van der Waals surface area contributed by atoms with Crippen LogP contribution < -0.4 is 4.74 Å². The Kier molecular flexibility index (Phi) is 4.22. The number of piperazine rings is 1. The van der Waals surface area contributed by atoms with Crippen LogP contribution in [0.15, 0.2) is 18.2 Å². The summed E-state index contributed by atoms with van der Waals surface area (Å²) in [6.45, 7) is 3.31. The van der Waals surface area contributed by atoms with Crippen molar-refractivity contribution in [1.29, 1.82) is 0 Å². The normalized spacial score (nSPS) is 15.2. The molecule has 1 saturated heterocycles. The highest BCUT2D eigenvalue weighted by Crippen LogP contribution is 2.18. The molecule has 6 heteroatoms. The van der Waals surface area contributed by atoms with Crippen molar-refractivity contribution < 1.29 is 18.7 Å². The summed E-state index contributed by atoms with van der Waals surface area (Å²) < 4.78 is 18.8. The molecule has 108 valence electrons. The highest BCUT2D eigenvalue weighted by atomic mass is 19.1. The van der Waals surface area contributed by atoms with E-state index in [2.05, 4.69) is 0 Å². The Morgan fingerprint density at radius 1 is 1.15 bits per heavy atom. The second kappa shape index (κ2) is 5.90. The van der Waals surface area contributed by atoms with Gasteiger partial charge in [-0.1, -0.05) is 0 Å². The van der Waals surface area contributed by atoms with Gasteiger partial charge in [-0.15, -0.1) is 0 Å². The molecule has 20 heavy (non-hydrogen) atoms. The van der Waals surface area contributed by atoms with Crippen molar-refractivity contribution in [1.82, 2.24) is 9.80 Å². The minimum absolute atomic E-state index is 0.00673. The lowest BCUT2D eigenvalue weighted by Gasteiger charge is -2.34. The van der Waals surface area contributed by atoms with Gasteiger partial charge in [0.1, 0.15) is 11.6 Å². The monoisotopic (exact) mass is 280 g/mol. The zero-order chi connectivity index (χ0) is 14.7. The molecule has 1 fully saturated rings. The smallest absolute Gasteiger partial charge is 0.256 e. The number of carbonyl (C=O) groups is 2. The highest BCUT2D eigenvalue weighted by Gasteiger charge is 2.25. The predicted octanol–water partition coefficient (Wildman–Crippen LogP) is 1.14. The van der Waals surface area contributed by atoms with Crippen molar-refractivity contribution in [2.75, 3.05) is 33.3 Å². The summed E-state index contributed by atoms with van der Waals surface area (Å²) in [7, 11) is 1.44. The second-order valence-electron chi connectivity index (χ2n) is 4.64. The van der Waals surface area contributed by atoms with Crippen molar-refractivity contribution in [2.45, 2.75) is 6.92 Å². The van der Waals surface area contributed by atoms with Gasteiger partial charge in [-0.05, 0) is 12.1 Å². The molecule has 0 spiro atoms. The summed E-state index contributed by atoms with van der Waals surface area (Å²) in [4.78, 5) is 26.7. The Morgan fingerprint density at radius 3 is 2.25 bits per heavy atom. The SMILES string of the molecule is COc1ccc(C(=O)N2CCN(C(C)=O)CC2)c(F)c1. The van der Waals surface area contributed by atoms with Crippen LogP contribution in [0.2, 0.25) is 0 Å². The number of rotatable bonds is 2. The van der Waals surface area contributed by atoms with Crippen LogP contribution >= 0.6 is 0 Å². The lowest BCUT2D eigenvalue weighted by atomic mass is 10.1. The summed E-state index contributed by atoms with van der Waals surface area (Å²) in [6.07, 6.45) is 0.